The van der Waals surface area contributed by atoms with Crippen LogP contribution in [0.4, 0.5) is 5.69 Å². The first kappa shape index (κ1) is 18.3. The van der Waals surface area contributed by atoms with Crippen molar-refractivity contribution < 1.29 is 19.1 Å². The van der Waals surface area contributed by atoms with Crippen LogP contribution in [-0.2, 0) is 16.1 Å². The normalized spacial score (nSPS) is 10.0. The third kappa shape index (κ3) is 5.20. The highest BCUT2D eigenvalue weighted by Crippen LogP contribution is 2.28. The predicted molar refractivity (Wildman–Crippen MR) is 93.5 cm³/mol. The summed E-state index contributed by atoms with van der Waals surface area (Å²) in [4.78, 5) is 29.7. The quantitative estimate of drug-likeness (QED) is 0.832. The van der Waals surface area contributed by atoms with Gasteiger partial charge in [-0.3, -0.25) is 14.6 Å². The van der Waals surface area contributed by atoms with Crippen molar-refractivity contribution in [2.75, 3.05) is 26.1 Å². The van der Waals surface area contributed by atoms with Crippen LogP contribution in [0, 0.1) is 0 Å². The van der Waals surface area contributed by atoms with Gasteiger partial charge in [0, 0.05) is 31.9 Å². The molecule has 0 saturated carbocycles. The number of carbonyl (C=O) groups is 2. The van der Waals surface area contributed by atoms with Crippen LogP contribution in [0.5, 0.6) is 11.5 Å². The van der Waals surface area contributed by atoms with Crippen LogP contribution in [0.1, 0.15) is 12.5 Å². The van der Waals surface area contributed by atoms with Gasteiger partial charge in [0.05, 0.1) is 19.9 Å². The second-order valence-electron chi connectivity index (χ2n) is 5.35. The van der Waals surface area contributed by atoms with E-state index < -0.39 is 0 Å². The number of aromatic nitrogens is 1. The summed E-state index contributed by atoms with van der Waals surface area (Å²) in [5, 5.41) is 2.75. The van der Waals surface area contributed by atoms with E-state index in [1.165, 1.54) is 18.9 Å². The minimum absolute atomic E-state index is 0.0788. The maximum absolute atomic E-state index is 12.4. The predicted octanol–water partition coefficient (Wildman–Crippen LogP) is 2.09. The maximum Gasteiger partial charge on any atom is 0.244 e. The number of rotatable bonds is 7. The molecule has 0 fully saturated rings. The van der Waals surface area contributed by atoms with E-state index in [2.05, 4.69) is 10.3 Å². The molecule has 7 nitrogen and oxygen atoms in total. The number of hydrogen-bond acceptors (Lipinski definition) is 5. The molecule has 1 heterocycles. The van der Waals surface area contributed by atoms with Crippen molar-refractivity contribution in [3.63, 3.8) is 0 Å². The summed E-state index contributed by atoms with van der Waals surface area (Å²) in [5.41, 5.74) is 1.33. The van der Waals surface area contributed by atoms with Crippen LogP contribution in [0.15, 0.2) is 42.7 Å². The molecule has 132 valence electrons. The van der Waals surface area contributed by atoms with Crippen molar-refractivity contribution in [3.8, 4) is 11.5 Å². The average Bonchev–Trinajstić information content (AvgIpc) is 2.61. The molecule has 2 aromatic rings. The number of nitrogens with one attached hydrogen (secondary N) is 1. The fourth-order valence-electron chi connectivity index (χ4n) is 2.27. The molecule has 2 rings (SSSR count). The van der Waals surface area contributed by atoms with Gasteiger partial charge in [0.15, 0.2) is 0 Å². The molecule has 0 spiro atoms. The number of hydrogen-bond donors (Lipinski definition) is 1. The lowest BCUT2D eigenvalue weighted by molar-refractivity contribution is -0.133. The molecule has 7 heteroatoms. The molecule has 0 radical (unpaired) electrons. The third-order valence-electron chi connectivity index (χ3n) is 3.56. The van der Waals surface area contributed by atoms with Crippen LogP contribution in [-0.4, -0.2) is 42.5 Å². The smallest absolute Gasteiger partial charge is 0.244 e. The minimum Gasteiger partial charge on any atom is -0.497 e. The van der Waals surface area contributed by atoms with Gasteiger partial charge in [-0.15, -0.1) is 0 Å². The van der Waals surface area contributed by atoms with E-state index in [0.29, 0.717) is 23.7 Å². The number of nitrogens with zero attached hydrogens (tertiary/aromatic N) is 2. The summed E-state index contributed by atoms with van der Waals surface area (Å²) < 4.78 is 10.4. The molecule has 1 aromatic heterocycles. The van der Waals surface area contributed by atoms with Crippen molar-refractivity contribution in [2.24, 2.45) is 0 Å². The van der Waals surface area contributed by atoms with E-state index in [4.69, 9.17) is 9.47 Å². The van der Waals surface area contributed by atoms with Crippen molar-refractivity contribution in [3.05, 3.63) is 48.3 Å². The Morgan fingerprint density at radius 3 is 2.60 bits per heavy atom. The molecule has 0 unspecified atom stereocenters. The molecule has 0 aliphatic carbocycles. The molecule has 1 N–H and O–H groups in total. The van der Waals surface area contributed by atoms with Gasteiger partial charge in [0.2, 0.25) is 11.8 Å². The van der Waals surface area contributed by atoms with Crippen LogP contribution in [0.2, 0.25) is 0 Å². The lowest BCUT2D eigenvalue weighted by atomic mass is 10.2. The summed E-state index contributed by atoms with van der Waals surface area (Å²) in [5.74, 6) is 0.577. The Kier molecular flexibility index (Phi) is 6.33. The average molecular weight is 343 g/mol. The van der Waals surface area contributed by atoms with Gasteiger partial charge in [0.1, 0.15) is 18.0 Å². The lowest BCUT2D eigenvalue weighted by Crippen LogP contribution is -2.36. The zero-order valence-corrected chi connectivity index (χ0v) is 14.5. The molecule has 0 atom stereocenters. The highest BCUT2D eigenvalue weighted by atomic mass is 16.5. The summed E-state index contributed by atoms with van der Waals surface area (Å²) in [6.45, 7) is 1.66. The molecular formula is C18H21N3O4. The third-order valence-corrected chi connectivity index (χ3v) is 3.56. The Morgan fingerprint density at radius 1 is 1.20 bits per heavy atom. The van der Waals surface area contributed by atoms with Gasteiger partial charge in [0.25, 0.3) is 0 Å². The van der Waals surface area contributed by atoms with Crippen LogP contribution < -0.4 is 14.8 Å². The molecule has 0 bridgehead atoms. The van der Waals surface area contributed by atoms with E-state index in [9.17, 15) is 9.59 Å². The van der Waals surface area contributed by atoms with Crippen molar-refractivity contribution in [1.29, 1.82) is 0 Å². The number of pyridine rings is 1. The van der Waals surface area contributed by atoms with Gasteiger partial charge in [-0.25, -0.2) is 0 Å². The molecule has 0 saturated heterocycles. The zero-order valence-electron chi connectivity index (χ0n) is 14.5. The Morgan fingerprint density at radius 2 is 2.00 bits per heavy atom. The lowest BCUT2D eigenvalue weighted by Gasteiger charge is -2.21. The first-order chi connectivity index (χ1) is 12.0. The number of anilines is 1. The fourth-order valence-corrected chi connectivity index (χ4v) is 2.27. The number of methoxy groups -OCH3 is 2. The van der Waals surface area contributed by atoms with Gasteiger partial charge in [-0.2, -0.15) is 0 Å². The number of carbonyl (C=O) groups excluding carboxylic acids is 2. The molecule has 0 aliphatic heterocycles. The van der Waals surface area contributed by atoms with E-state index in [0.717, 1.165) is 5.56 Å². The van der Waals surface area contributed by atoms with Gasteiger partial charge in [-0.1, -0.05) is 6.07 Å². The molecule has 25 heavy (non-hydrogen) atoms. The fraction of sp³-hybridized carbons (Fsp3) is 0.278. The summed E-state index contributed by atoms with van der Waals surface area (Å²) in [6.07, 6.45) is 3.32. The minimum atomic E-state index is -0.328. The van der Waals surface area contributed by atoms with Gasteiger partial charge < -0.3 is 19.7 Å². The van der Waals surface area contributed by atoms with Crippen LogP contribution in [0.25, 0.3) is 0 Å². The summed E-state index contributed by atoms with van der Waals surface area (Å²) in [6, 6.07) is 8.74. The van der Waals surface area contributed by atoms with Crippen molar-refractivity contribution in [1.82, 2.24) is 9.88 Å². The number of amides is 2. The number of benzene rings is 1. The van der Waals surface area contributed by atoms with E-state index >= 15 is 0 Å². The first-order valence-corrected chi connectivity index (χ1v) is 7.69. The second-order valence-corrected chi connectivity index (χ2v) is 5.35. The monoisotopic (exact) mass is 343 g/mol. The van der Waals surface area contributed by atoms with Gasteiger partial charge >= 0.3 is 0 Å². The summed E-state index contributed by atoms with van der Waals surface area (Å²) in [7, 11) is 3.06. The van der Waals surface area contributed by atoms with E-state index in [1.54, 1.807) is 43.8 Å². The largest absolute Gasteiger partial charge is 0.497 e. The Labute approximate surface area is 146 Å². The van der Waals surface area contributed by atoms with Crippen molar-refractivity contribution >= 4 is 17.5 Å². The SMILES string of the molecule is COc1ccc(OC)c(NC(=O)CN(Cc2cccnc2)C(C)=O)c1. The summed E-state index contributed by atoms with van der Waals surface area (Å²) >= 11 is 0. The topological polar surface area (TPSA) is 80.8 Å². The first-order valence-electron chi connectivity index (χ1n) is 7.69. The molecule has 1 aromatic carbocycles. The standard InChI is InChI=1S/C18H21N3O4/c1-13(22)21(11-14-5-4-8-19-10-14)12-18(23)20-16-9-15(24-2)6-7-17(16)25-3/h4-10H,11-12H2,1-3H3,(H,20,23). The number of ether oxygens (including phenoxy) is 2. The van der Waals surface area contributed by atoms with E-state index in [-0.39, 0.29) is 18.4 Å². The Balaban J connectivity index is 2.08. The molecule has 0 aliphatic rings. The second kappa shape index (κ2) is 8.68. The molecular weight excluding hydrogens is 322 g/mol. The highest BCUT2D eigenvalue weighted by molar-refractivity contribution is 5.95. The van der Waals surface area contributed by atoms with Crippen LogP contribution >= 0.6 is 0 Å². The van der Waals surface area contributed by atoms with Crippen LogP contribution in [0.3, 0.4) is 0 Å². The van der Waals surface area contributed by atoms with E-state index in [1.807, 2.05) is 6.07 Å². The Hall–Kier alpha value is -3.09. The highest BCUT2D eigenvalue weighted by Gasteiger charge is 2.16. The van der Waals surface area contributed by atoms with Gasteiger partial charge in [-0.05, 0) is 23.8 Å². The molecule has 2 amide bonds. The Bertz CT molecular complexity index is 734. The maximum atomic E-state index is 12.4. The zero-order chi connectivity index (χ0) is 18.2. The van der Waals surface area contributed by atoms with Crippen molar-refractivity contribution in [2.45, 2.75) is 13.5 Å².